The largest absolute Gasteiger partial charge is 0.448 e. The molecule has 0 saturated heterocycles. The quantitative estimate of drug-likeness (QED) is 0.853. The van der Waals surface area contributed by atoms with Crippen LogP contribution in [-0.2, 0) is 14.5 Å². The standard InChI is InChI=1S/C14H17NO3S/c1-2-18-13(16)15-19(17,12-6-4-3-5-7-12)14-8-11(9-14)10-14/h3-7,11H,2,8-10H2,1H3. The van der Waals surface area contributed by atoms with Gasteiger partial charge in [0, 0.05) is 4.90 Å². The maximum atomic E-state index is 13.3. The third kappa shape index (κ3) is 1.79. The summed E-state index contributed by atoms with van der Waals surface area (Å²) in [6, 6.07) is 9.13. The highest BCUT2D eigenvalue weighted by atomic mass is 32.2. The molecule has 0 N–H and O–H groups in total. The molecule has 0 aromatic heterocycles. The van der Waals surface area contributed by atoms with E-state index in [4.69, 9.17) is 4.74 Å². The van der Waals surface area contributed by atoms with E-state index < -0.39 is 15.8 Å². The molecule has 3 fully saturated rings. The van der Waals surface area contributed by atoms with E-state index in [1.165, 1.54) is 0 Å². The maximum absolute atomic E-state index is 13.3. The molecule has 1 aromatic carbocycles. The molecule has 1 amide bonds. The monoisotopic (exact) mass is 279 g/mol. The van der Waals surface area contributed by atoms with E-state index in [0.29, 0.717) is 10.8 Å². The first-order valence-electron chi connectivity index (χ1n) is 6.58. The van der Waals surface area contributed by atoms with Crippen LogP contribution >= 0.6 is 0 Å². The molecule has 102 valence electrons. The number of hydrogen-bond acceptors (Lipinski definition) is 3. The SMILES string of the molecule is CCOC(=O)N=S(=O)(c1ccccc1)C12CC(C1)C2. The first-order valence-corrected chi connectivity index (χ1v) is 8.10. The Morgan fingerprint density at radius 3 is 2.47 bits per heavy atom. The highest BCUT2D eigenvalue weighted by molar-refractivity contribution is 7.95. The number of carbonyl (C=O) groups is 1. The summed E-state index contributed by atoms with van der Waals surface area (Å²) in [6.07, 6.45) is 2.05. The Morgan fingerprint density at radius 1 is 1.37 bits per heavy atom. The zero-order chi connectivity index (χ0) is 13.5. The van der Waals surface area contributed by atoms with E-state index in [-0.39, 0.29) is 11.4 Å². The van der Waals surface area contributed by atoms with Gasteiger partial charge in [-0.3, -0.25) is 0 Å². The molecular weight excluding hydrogens is 262 g/mol. The fourth-order valence-electron chi connectivity index (χ4n) is 3.00. The second-order valence-electron chi connectivity index (χ2n) is 5.29. The number of carbonyl (C=O) groups excluding carboxylic acids is 1. The molecule has 4 nitrogen and oxygen atoms in total. The average molecular weight is 279 g/mol. The van der Waals surface area contributed by atoms with E-state index in [1.54, 1.807) is 19.1 Å². The fraction of sp³-hybridized carbons (Fsp3) is 0.500. The minimum atomic E-state index is -2.71. The summed E-state index contributed by atoms with van der Waals surface area (Å²) >= 11 is 0. The van der Waals surface area contributed by atoms with Crippen LogP contribution in [0, 0.1) is 5.92 Å². The normalized spacial score (nSPS) is 30.5. The minimum Gasteiger partial charge on any atom is -0.448 e. The predicted molar refractivity (Wildman–Crippen MR) is 72.4 cm³/mol. The summed E-state index contributed by atoms with van der Waals surface area (Å²) in [5.41, 5.74) is 0. The molecule has 0 spiro atoms. The molecule has 3 aliphatic carbocycles. The zero-order valence-corrected chi connectivity index (χ0v) is 11.7. The Morgan fingerprint density at radius 2 is 2.00 bits per heavy atom. The Kier molecular flexibility index (Phi) is 2.89. The number of ether oxygens (including phenoxy) is 1. The van der Waals surface area contributed by atoms with Gasteiger partial charge in [-0.15, -0.1) is 4.36 Å². The van der Waals surface area contributed by atoms with Crippen LogP contribution < -0.4 is 0 Å². The van der Waals surface area contributed by atoms with Gasteiger partial charge in [-0.1, -0.05) is 18.2 Å². The van der Waals surface area contributed by atoms with Crippen molar-refractivity contribution in [2.45, 2.75) is 35.8 Å². The topological polar surface area (TPSA) is 55.7 Å². The second-order valence-corrected chi connectivity index (χ2v) is 7.86. The van der Waals surface area contributed by atoms with Gasteiger partial charge in [-0.05, 0) is 44.2 Å². The molecule has 2 bridgehead atoms. The van der Waals surface area contributed by atoms with Gasteiger partial charge in [0.2, 0.25) is 0 Å². The zero-order valence-electron chi connectivity index (χ0n) is 10.9. The van der Waals surface area contributed by atoms with Gasteiger partial charge in [0.15, 0.2) is 0 Å². The molecule has 5 heteroatoms. The van der Waals surface area contributed by atoms with Crippen LogP contribution in [0.25, 0.3) is 0 Å². The second kappa shape index (κ2) is 4.34. The fourth-order valence-corrected chi connectivity index (χ4v) is 5.97. The van der Waals surface area contributed by atoms with Crippen molar-refractivity contribution in [3.05, 3.63) is 30.3 Å². The van der Waals surface area contributed by atoms with Crippen molar-refractivity contribution in [3.63, 3.8) is 0 Å². The maximum Gasteiger partial charge on any atom is 0.442 e. The molecular formula is C14H17NO3S. The van der Waals surface area contributed by atoms with Gasteiger partial charge in [-0.2, -0.15) is 0 Å². The van der Waals surface area contributed by atoms with Crippen molar-refractivity contribution >= 4 is 15.8 Å². The molecule has 19 heavy (non-hydrogen) atoms. The van der Waals surface area contributed by atoms with Gasteiger partial charge in [-0.25, -0.2) is 9.00 Å². The van der Waals surface area contributed by atoms with E-state index in [2.05, 4.69) is 4.36 Å². The summed E-state index contributed by atoms with van der Waals surface area (Å²) in [5.74, 6) is 0.682. The van der Waals surface area contributed by atoms with Crippen LogP contribution in [0.5, 0.6) is 0 Å². The van der Waals surface area contributed by atoms with Crippen LogP contribution in [0.3, 0.4) is 0 Å². The van der Waals surface area contributed by atoms with Crippen LogP contribution in [0.1, 0.15) is 26.2 Å². The molecule has 1 aromatic rings. The molecule has 0 aliphatic heterocycles. The van der Waals surface area contributed by atoms with E-state index in [0.717, 1.165) is 19.3 Å². The van der Waals surface area contributed by atoms with Gasteiger partial charge in [0.05, 0.1) is 21.1 Å². The predicted octanol–water partition coefficient (Wildman–Crippen LogP) is 3.22. The average Bonchev–Trinajstić information content (AvgIpc) is 2.26. The Bertz CT molecular complexity index is 600. The highest BCUT2D eigenvalue weighted by Gasteiger charge is 2.63. The minimum absolute atomic E-state index is 0.252. The molecule has 0 heterocycles. The van der Waals surface area contributed by atoms with E-state index in [1.807, 2.05) is 18.2 Å². The lowest BCUT2D eigenvalue weighted by Crippen LogP contribution is -2.62. The van der Waals surface area contributed by atoms with Gasteiger partial charge in [0.25, 0.3) is 0 Å². The van der Waals surface area contributed by atoms with Crippen molar-refractivity contribution in [1.82, 2.24) is 0 Å². The van der Waals surface area contributed by atoms with Gasteiger partial charge < -0.3 is 4.74 Å². The third-order valence-corrected chi connectivity index (χ3v) is 7.09. The van der Waals surface area contributed by atoms with E-state index >= 15 is 0 Å². The molecule has 1 unspecified atom stereocenters. The number of nitrogens with zero attached hydrogens (tertiary/aromatic N) is 1. The van der Waals surface area contributed by atoms with Crippen molar-refractivity contribution in [2.75, 3.05) is 6.61 Å². The lowest BCUT2D eigenvalue weighted by atomic mass is 9.55. The Labute approximate surface area is 113 Å². The first kappa shape index (κ1) is 12.7. The Hall–Kier alpha value is -1.36. The van der Waals surface area contributed by atoms with Gasteiger partial charge >= 0.3 is 6.09 Å². The van der Waals surface area contributed by atoms with E-state index in [9.17, 15) is 9.00 Å². The summed E-state index contributed by atoms with van der Waals surface area (Å²) in [6.45, 7) is 1.97. The number of rotatable bonds is 3. The number of benzene rings is 1. The summed E-state index contributed by atoms with van der Waals surface area (Å²) < 4.78 is 21.9. The third-order valence-electron chi connectivity index (χ3n) is 4.10. The van der Waals surface area contributed by atoms with Crippen molar-refractivity contribution in [2.24, 2.45) is 10.3 Å². The number of amides is 1. The lowest BCUT2D eigenvalue weighted by molar-refractivity contribution is 0.0513. The molecule has 1 atom stereocenters. The summed E-state index contributed by atoms with van der Waals surface area (Å²) in [7, 11) is -2.71. The first-order chi connectivity index (χ1) is 9.10. The summed E-state index contributed by atoms with van der Waals surface area (Å²) in [4.78, 5) is 12.3. The summed E-state index contributed by atoms with van der Waals surface area (Å²) in [5, 5.41) is 0. The lowest BCUT2D eigenvalue weighted by Gasteiger charge is -2.61. The molecule has 0 radical (unpaired) electrons. The Balaban J connectivity index is 2.06. The smallest absolute Gasteiger partial charge is 0.442 e. The molecule has 3 aliphatic rings. The van der Waals surface area contributed by atoms with Crippen LogP contribution in [-0.4, -0.2) is 21.7 Å². The number of hydrogen-bond donors (Lipinski definition) is 0. The van der Waals surface area contributed by atoms with Crippen molar-refractivity contribution < 1.29 is 13.7 Å². The van der Waals surface area contributed by atoms with Crippen molar-refractivity contribution in [1.29, 1.82) is 0 Å². The van der Waals surface area contributed by atoms with Crippen LogP contribution in [0.15, 0.2) is 39.6 Å². The highest BCUT2D eigenvalue weighted by Crippen LogP contribution is 2.63. The van der Waals surface area contributed by atoms with Crippen molar-refractivity contribution in [3.8, 4) is 0 Å². The van der Waals surface area contributed by atoms with Crippen LogP contribution in [0.4, 0.5) is 4.79 Å². The van der Waals surface area contributed by atoms with Gasteiger partial charge in [0.1, 0.15) is 0 Å². The molecule has 4 rings (SSSR count). The van der Waals surface area contributed by atoms with Crippen LogP contribution in [0.2, 0.25) is 0 Å². The molecule has 3 saturated carbocycles.